The number of carbonyl (C=O) groups excluding carboxylic acids is 2. The molecule has 1 heterocycles. The van der Waals surface area contributed by atoms with Crippen LogP contribution in [-0.4, -0.2) is 45.6 Å². The standard InChI is InChI=1S/C22H24F2N4O2S/c1-13-9-14(2)20(15(3)10-13)26-18(29)11-27(4)19(30)12-28-17-8-6-5-7-16(17)25-22(28)31-21(23)24/h5-10,21H,11-12H2,1-4H3,(H,26,29). The summed E-state index contributed by atoms with van der Waals surface area (Å²) in [5, 5.41) is 2.93. The van der Waals surface area contributed by atoms with E-state index in [1.807, 2.05) is 32.9 Å². The van der Waals surface area contributed by atoms with Gasteiger partial charge in [0, 0.05) is 12.7 Å². The molecule has 0 spiro atoms. The third-order valence-electron chi connectivity index (χ3n) is 4.86. The van der Waals surface area contributed by atoms with Crippen LogP contribution < -0.4 is 5.32 Å². The molecule has 0 unspecified atom stereocenters. The molecule has 2 aromatic carbocycles. The molecule has 3 aromatic rings. The second-order valence-corrected chi connectivity index (χ2v) is 8.38. The van der Waals surface area contributed by atoms with Crippen LogP contribution >= 0.6 is 11.8 Å². The minimum atomic E-state index is -2.66. The van der Waals surface area contributed by atoms with Gasteiger partial charge in [0.05, 0.1) is 17.6 Å². The number of halogens is 2. The van der Waals surface area contributed by atoms with Crippen LogP contribution in [0.5, 0.6) is 0 Å². The monoisotopic (exact) mass is 446 g/mol. The van der Waals surface area contributed by atoms with E-state index >= 15 is 0 Å². The van der Waals surface area contributed by atoms with Crippen molar-refractivity contribution in [2.45, 2.75) is 38.2 Å². The molecule has 0 radical (unpaired) electrons. The first-order chi connectivity index (χ1) is 14.7. The van der Waals surface area contributed by atoms with E-state index in [0.29, 0.717) is 22.8 Å². The molecule has 6 nitrogen and oxygen atoms in total. The number of nitrogens with zero attached hydrogens (tertiary/aromatic N) is 3. The van der Waals surface area contributed by atoms with Crippen LogP contribution in [0.25, 0.3) is 11.0 Å². The highest BCUT2D eigenvalue weighted by atomic mass is 32.2. The molecule has 0 saturated carbocycles. The number of imidazole rings is 1. The normalized spacial score (nSPS) is 11.2. The number of amides is 2. The molecule has 0 aliphatic heterocycles. The number of para-hydroxylation sites is 2. The van der Waals surface area contributed by atoms with Gasteiger partial charge in [-0.25, -0.2) is 4.98 Å². The summed E-state index contributed by atoms with van der Waals surface area (Å²) in [6, 6.07) is 10.9. The van der Waals surface area contributed by atoms with Crippen molar-refractivity contribution in [2.75, 3.05) is 18.9 Å². The summed E-state index contributed by atoms with van der Waals surface area (Å²) in [6.07, 6.45) is 0. The van der Waals surface area contributed by atoms with E-state index in [2.05, 4.69) is 10.3 Å². The van der Waals surface area contributed by atoms with Crippen molar-refractivity contribution in [2.24, 2.45) is 0 Å². The average Bonchev–Trinajstić information content (AvgIpc) is 3.01. The Morgan fingerprint density at radius 3 is 2.45 bits per heavy atom. The molecule has 0 saturated heterocycles. The number of carbonyl (C=O) groups is 2. The Bertz CT molecular complexity index is 1110. The summed E-state index contributed by atoms with van der Waals surface area (Å²) < 4.78 is 27.4. The Balaban J connectivity index is 1.72. The lowest BCUT2D eigenvalue weighted by Gasteiger charge is -2.19. The molecule has 0 fully saturated rings. The van der Waals surface area contributed by atoms with Crippen molar-refractivity contribution in [3.63, 3.8) is 0 Å². The molecule has 9 heteroatoms. The minimum Gasteiger partial charge on any atom is -0.335 e. The van der Waals surface area contributed by atoms with Gasteiger partial charge in [-0.05, 0) is 55.8 Å². The fourth-order valence-electron chi connectivity index (χ4n) is 3.49. The van der Waals surface area contributed by atoms with E-state index in [1.54, 1.807) is 24.3 Å². The highest BCUT2D eigenvalue weighted by molar-refractivity contribution is 7.99. The second kappa shape index (κ2) is 9.47. The van der Waals surface area contributed by atoms with E-state index in [1.165, 1.54) is 16.5 Å². The third kappa shape index (κ3) is 5.41. The first-order valence-electron chi connectivity index (χ1n) is 9.67. The number of nitrogens with one attached hydrogen (secondary N) is 1. The van der Waals surface area contributed by atoms with E-state index in [4.69, 9.17) is 0 Å². The topological polar surface area (TPSA) is 67.2 Å². The lowest BCUT2D eigenvalue weighted by molar-refractivity contribution is -0.133. The molecule has 164 valence electrons. The van der Waals surface area contributed by atoms with Gasteiger partial charge in [0.2, 0.25) is 11.8 Å². The number of anilines is 1. The van der Waals surface area contributed by atoms with Gasteiger partial charge in [0.15, 0.2) is 5.16 Å². The lowest BCUT2D eigenvalue weighted by Crippen LogP contribution is -2.37. The van der Waals surface area contributed by atoms with Gasteiger partial charge in [-0.3, -0.25) is 9.59 Å². The molecule has 0 aliphatic carbocycles. The number of aryl methyl sites for hydroxylation is 3. The molecule has 0 aliphatic rings. The number of hydrogen-bond donors (Lipinski definition) is 1. The molecule has 1 aromatic heterocycles. The van der Waals surface area contributed by atoms with Gasteiger partial charge >= 0.3 is 0 Å². The molecule has 2 amide bonds. The van der Waals surface area contributed by atoms with E-state index in [-0.39, 0.29) is 30.1 Å². The van der Waals surface area contributed by atoms with Gasteiger partial charge in [0.1, 0.15) is 6.54 Å². The van der Waals surface area contributed by atoms with Crippen molar-refractivity contribution in [3.05, 3.63) is 53.1 Å². The smallest absolute Gasteiger partial charge is 0.291 e. The number of alkyl halides is 2. The summed E-state index contributed by atoms with van der Waals surface area (Å²) in [5.74, 6) is -3.37. The molecule has 1 N–H and O–H groups in total. The van der Waals surface area contributed by atoms with E-state index in [0.717, 1.165) is 22.4 Å². The Hall–Kier alpha value is -2.94. The van der Waals surface area contributed by atoms with E-state index < -0.39 is 5.76 Å². The first-order valence-corrected chi connectivity index (χ1v) is 10.6. The first kappa shape index (κ1) is 22.7. The average molecular weight is 447 g/mol. The molecule has 0 atom stereocenters. The van der Waals surface area contributed by atoms with Crippen molar-refractivity contribution >= 4 is 40.3 Å². The van der Waals surface area contributed by atoms with Crippen LogP contribution in [0.15, 0.2) is 41.6 Å². The fraction of sp³-hybridized carbons (Fsp3) is 0.318. The van der Waals surface area contributed by atoms with Gasteiger partial charge in [-0.2, -0.15) is 8.78 Å². The van der Waals surface area contributed by atoms with Gasteiger partial charge in [-0.1, -0.05) is 29.8 Å². The molecular formula is C22H24F2N4O2S. The van der Waals surface area contributed by atoms with Gasteiger partial charge in [0.25, 0.3) is 5.76 Å². The largest absolute Gasteiger partial charge is 0.335 e. The zero-order valence-electron chi connectivity index (χ0n) is 17.8. The van der Waals surface area contributed by atoms with Crippen molar-refractivity contribution < 1.29 is 18.4 Å². The maximum absolute atomic E-state index is 13.0. The maximum atomic E-state index is 13.0. The molecule has 3 rings (SSSR count). The summed E-state index contributed by atoms with van der Waals surface area (Å²) >= 11 is 0.293. The minimum absolute atomic E-state index is 0.0632. The predicted octanol–water partition coefficient (Wildman–Crippen LogP) is 4.37. The number of benzene rings is 2. The predicted molar refractivity (Wildman–Crippen MR) is 119 cm³/mol. The number of aromatic nitrogens is 2. The van der Waals surface area contributed by atoms with Crippen LogP contribution in [0, 0.1) is 20.8 Å². The van der Waals surface area contributed by atoms with Crippen LogP contribution in [0.2, 0.25) is 0 Å². The second-order valence-electron chi connectivity index (χ2n) is 7.42. The number of thioether (sulfide) groups is 1. The number of hydrogen-bond acceptors (Lipinski definition) is 4. The van der Waals surface area contributed by atoms with Gasteiger partial charge < -0.3 is 14.8 Å². The molecule has 0 bridgehead atoms. The van der Waals surface area contributed by atoms with Crippen LogP contribution in [-0.2, 0) is 16.1 Å². The Morgan fingerprint density at radius 2 is 1.81 bits per heavy atom. The summed E-state index contributed by atoms with van der Waals surface area (Å²) in [4.78, 5) is 30.8. The van der Waals surface area contributed by atoms with Crippen molar-refractivity contribution in [1.29, 1.82) is 0 Å². The third-order valence-corrected chi connectivity index (χ3v) is 5.56. The quantitative estimate of drug-likeness (QED) is 0.547. The summed E-state index contributed by atoms with van der Waals surface area (Å²) in [6.45, 7) is 5.46. The fourth-order valence-corrected chi connectivity index (χ4v) is 4.09. The van der Waals surface area contributed by atoms with Crippen LogP contribution in [0.1, 0.15) is 16.7 Å². The van der Waals surface area contributed by atoms with Crippen molar-refractivity contribution in [3.8, 4) is 0 Å². The zero-order valence-corrected chi connectivity index (χ0v) is 18.6. The van der Waals surface area contributed by atoms with Crippen LogP contribution in [0.4, 0.5) is 14.5 Å². The zero-order chi connectivity index (χ0) is 22.7. The lowest BCUT2D eigenvalue weighted by atomic mass is 10.1. The Morgan fingerprint density at radius 1 is 1.16 bits per heavy atom. The highest BCUT2D eigenvalue weighted by Gasteiger charge is 2.20. The van der Waals surface area contributed by atoms with Gasteiger partial charge in [-0.15, -0.1) is 0 Å². The highest BCUT2D eigenvalue weighted by Crippen LogP contribution is 2.28. The molecular weight excluding hydrogens is 422 g/mol. The van der Waals surface area contributed by atoms with Crippen LogP contribution in [0.3, 0.4) is 0 Å². The SMILES string of the molecule is Cc1cc(C)c(NC(=O)CN(C)C(=O)Cn2c(SC(F)F)nc3ccccc32)c(C)c1. The number of rotatable bonds is 7. The number of fused-ring (bicyclic) bond motifs is 1. The summed E-state index contributed by atoms with van der Waals surface area (Å²) in [5.41, 5.74) is 4.83. The molecule has 31 heavy (non-hydrogen) atoms. The maximum Gasteiger partial charge on any atom is 0.291 e. The van der Waals surface area contributed by atoms with Crippen molar-refractivity contribution in [1.82, 2.24) is 14.5 Å². The summed E-state index contributed by atoms with van der Waals surface area (Å²) in [7, 11) is 1.51. The number of likely N-dealkylation sites (N-methyl/N-ethyl adjacent to an activating group) is 1. The Labute approximate surface area is 183 Å². The Kier molecular flexibility index (Phi) is 6.94. The van der Waals surface area contributed by atoms with E-state index in [9.17, 15) is 18.4 Å².